The van der Waals surface area contributed by atoms with E-state index in [4.69, 9.17) is 16.3 Å². The van der Waals surface area contributed by atoms with Gasteiger partial charge in [-0.25, -0.2) is 0 Å². The van der Waals surface area contributed by atoms with Gasteiger partial charge in [0.05, 0.1) is 5.02 Å². The van der Waals surface area contributed by atoms with Crippen molar-refractivity contribution in [3.8, 4) is 5.75 Å². The number of halogens is 2. The number of nitrogens with one attached hydrogen (secondary N) is 1. The summed E-state index contributed by atoms with van der Waals surface area (Å²) in [6.07, 6.45) is 0. The maximum atomic E-state index is 12.8. The zero-order valence-electron chi connectivity index (χ0n) is 15.5. The molecule has 144 valence electrons. The molecule has 0 spiro atoms. The summed E-state index contributed by atoms with van der Waals surface area (Å²) in [6, 6.07) is 12.3. The first-order valence-electron chi connectivity index (χ1n) is 8.47. The number of hydrogen-bond acceptors (Lipinski definition) is 3. The van der Waals surface area contributed by atoms with Crippen LogP contribution in [0.4, 0.5) is 0 Å². The Labute approximate surface area is 172 Å². The van der Waals surface area contributed by atoms with Crippen LogP contribution in [0.15, 0.2) is 46.9 Å². The lowest BCUT2D eigenvalue weighted by Gasteiger charge is -2.29. The lowest BCUT2D eigenvalue weighted by Crippen LogP contribution is -2.48. The van der Waals surface area contributed by atoms with E-state index in [1.807, 2.05) is 31.2 Å². The highest BCUT2D eigenvalue weighted by molar-refractivity contribution is 9.10. The van der Waals surface area contributed by atoms with Gasteiger partial charge in [-0.05, 0) is 43.2 Å². The molecule has 2 rings (SSSR count). The van der Waals surface area contributed by atoms with E-state index in [1.54, 1.807) is 32.2 Å². The van der Waals surface area contributed by atoms with Crippen molar-refractivity contribution in [2.45, 2.75) is 26.4 Å². The zero-order valence-corrected chi connectivity index (χ0v) is 17.8. The molecule has 0 aromatic heterocycles. The Morgan fingerprint density at radius 3 is 2.59 bits per heavy atom. The van der Waals surface area contributed by atoms with E-state index in [2.05, 4.69) is 21.2 Å². The topological polar surface area (TPSA) is 58.6 Å². The molecule has 1 atom stereocenters. The third-order valence-corrected chi connectivity index (χ3v) is 5.05. The Bertz CT molecular complexity index is 829. The van der Waals surface area contributed by atoms with Gasteiger partial charge in [0.25, 0.3) is 5.91 Å². The molecule has 7 heteroatoms. The molecule has 0 saturated carbocycles. The van der Waals surface area contributed by atoms with Crippen LogP contribution in [0.1, 0.15) is 18.1 Å². The average Bonchev–Trinajstić information content (AvgIpc) is 2.65. The number of rotatable bonds is 7. The van der Waals surface area contributed by atoms with Crippen LogP contribution in [0.25, 0.3) is 0 Å². The fraction of sp³-hybridized carbons (Fsp3) is 0.300. The molecule has 0 saturated heterocycles. The Balaban J connectivity index is 2.17. The smallest absolute Gasteiger partial charge is 0.261 e. The normalized spacial score (nSPS) is 11.6. The van der Waals surface area contributed by atoms with Gasteiger partial charge in [0, 0.05) is 18.1 Å². The van der Waals surface area contributed by atoms with Crippen LogP contribution >= 0.6 is 27.5 Å². The molecular weight excluding hydrogens is 432 g/mol. The third-order valence-electron chi connectivity index (χ3n) is 4.26. The van der Waals surface area contributed by atoms with E-state index in [1.165, 1.54) is 4.90 Å². The lowest BCUT2D eigenvalue weighted by molar-refractivity contribution is -0.142. The van der Waals surface area contributed by atoms with Crippen molar-refractivity contribution < 1.29 is 14.3 Å². The van der Waals surface area contributed by atoms with Gasteiger partial charge in [0.1, 0.15) is 11.8 Å². The van der Waals surface area contributed by atoms with Gasteiger partial charge < -0.3 is 15.0 Å². The Morgan fingerprint density at radius 2 is 1.96 bits per heavy atom. The number of hydrogen-bond donors (Lipinski definition) is 1. The highest BCUT2D eigenvalue weighted by Gasteiger charge is 2.26. The largest absolute Gasteiger partial charge is 0.482 e. The van der Waals surface area contributed by atoms with E-state index in [9.17, 15) is 9.59 Å². The number of amides is 2. The van der Waals surface area contributed by atoms with Crippen LogP contribution in [0.3, 0.4) is 0 Å². The second-order valence-corrected chi connectivity index (χ2v) is 7.42. The number of aryl methyl sites for hydroxylation is 1. The van der Waals surface area contributed by atoms with Crippen molar-refractivity contribution in [2.75, 3.05) is 13.7 Å². The number of likely N-dealkylation sites (N-methyl/N-ethyl adjacent to an activating group) is 1. The van der Waals surface area contributed by atoms with Gasteiger partial charge in [-0.15, -0.1) is 0 Å². The van der Waals surface area contributed by atoms with Crippen molar-refractivity contribution in [1.29, 1.82) is 0 Å². The van der Waals surface area contributed by atoms with Gasteiger partial charge in [0.15, 0.2) is 6.61 Å². The standard InChI is InChI=1S/C20H22BrClN2O3/c1-13-6-4-5-7-15(13)11-24(14(2)20(26)23-3)19(25)12-27-18-9-8-16(21)10-17(18)22/h4-10,14H,11-12H2,1-3H3,(H,23,26). The average molecular weight is 454 g/mol. The Kier molecular flexibility index (Phi) is 7.68. The minimum absolute atomic E-state index is 0.214. The van der Waals surface area contributed by atoms with E-state index >= 15 is 0 Å². The van der Waals surface area contributed by atoms with Gasteiger partial charge in [0.2, 0.25) is 5.91 Å². The molecular formula is C20H22BrClN2O3. The summed E-state index contributed by atoms with van der Waals surface area (Å²) in [5, 5.41) is 2.99. The zero-order chi connectivity index (χ0) is 20.0. The highest BCUT2D eigenvalue weighted by atomic mass is 79.9. The maximum Gasteiger partial charge on any atom is 0.261 e. The summed E-state index contributed by atoms with van der Waals surface area (Å²) in [5.41, 5.74) is 2.03. The number of benzene rings is 2. The molecule has 0 aliphatic carbocycles. The predicted molar refractivity (Wildman–Crippen MR) is 110 cm³/mol. The summed E-state index contributed by atoms with van der Waals surface area (Å²) >= 11 is 9.46. The summed E-state index contributed by atoms with van der Waals surface area (Å²) in [6.45, 7) is 3.77. The molecule has 0 bridgehead atoms. The molecule has 5 nitrogen and oxygen atoms in total. The fourth-order valence-corrected chi connectivity index (χ4v) is 3.31. The lowest BCUT2D eigenvalue weighted by atomic mass is 10.1. The second-order valence-electron chi connectivity index (χ2n) is 6.10. The number of nitrogens with zero attached hydrogens (tertiary/aromatic N) is 1. The Hall–Kier alpha value is -2.05. The second kappa shape index (κ2) is 9.76. The summed E-state index contributed by atoms with van der Waals surface area (Å²) in [5.74, 6) is -0.122. The van der Waals surface area contributed by atoms with E-state index < -0.39 is 6.04 Å². The quantitative estimate of drug-likeness (QED) is 0.690. The van der Waals surface area contributed by atoms with Gasteiger partial charge in [-0.2, -0.15) is 0 Å². The molecule has 0 aliphatic rings. The first-order valence-corrected chi connectivity index (χ1v) is 9.64. The molecule has 0 fully saturated rings. The van der Waals surface area contributed by atoms with Crippen LogP contribution in [-0.2, 0) is 16.1 Å². The molecule has 1 N–H and O–H groups in total. The van der Waals surface area contributed by atoms with Gasteiger partial charge in [-0.3, -0.25) is 9.59 Å². The van der Waals surface area contributed by atoms with Crippen molar-refractivity contribution in [2.24, 2.45) is 0 Å². The number of carbonyl (C=O) groups is 2. The third kappa shape index (κ3) is 5.71. The fourth-order valence-electron chi connectivity index (χ4n) is 2.58. The molecule has 2 amide bonds. The van der Waals surface area contributed by atoms with Crippen LogP contribution in [-0.4, -0.2) is 36.4 Å². The van der Waals surface area contributed by atoms with E-state index in [0.29, 0.717) is 17.3 Å². The SMILES string of the molecule is CNC(=O)C(C)N(Cc1ccccc1C)C(=O)COc1ccc(Br)cc1Cl. The first-order chi connectivity index (χ1) is 12.8. The van der Waals surface area contributed by atoms with Crippen molar-refractivity contribution in [3.05, 3.63) is 63.1 Å². The molecule has 2 aromatic carbocycles. The molecule has 2 aromatic rings. The maximum absolute atomic E-state index is 12.8. The van der Waals surface area contributed by atoms with E-state index in [-0.39, 0.29) is 18.4 Å². The number of carbonyl (C=O) groups excluding carboxylic acids is 2. The van der Waals surface area contributed by atoms with Crippen LogP contribution in [0, 0.1) is 6.92 Å². The van der Waals surface area contributed by atoms with Gasteiger partial charge >= 0.3 is 0 Å². The Morgan fingerprint density at radius 1 is 1.26 bits per heavy atom. The predicted octanol–water partition coefficient (Wildman–Crippen LogP) is 3.95. The first kappa shape index (κ1) is 21.3. The monoisotopic (exact) mass is 452 g/mol. The minimum Gasteiger partial charge on any atom is -0.482 e. The summed E-state index contributed by atoms with van der Waals surface area (Å²) in [4.78, 5) is 26.5. The van der Waals surface area contributed by atoms with Crippen molar-refractivity contribution in [3.63, 3.8) is 0 Å². The summed E-state index contributed by atoms with van der Waals surface area (Å²) in [7, 11) is 1.55. The molecule has 0 heterocycles. The minimum atomic E-state index is -0.633. The molecule has 0 aliphatic heterocycles. The van der Waals surface area contributed by atoms with Crippen LogP contribution < -0.4 is 10.1 Å². The molecule has 27 heavy (non-hydrogen) atoms. The number of ether oxygens (including phenoxy) is 1. The van der Waals surface area contributed by atoms with Crippen LogP contribution in [0.2, 0.25) is 5.02 Å². The van der Waals surface area contributed by atoms with Crippen molar-refractivity contribution >= 4 is 39.3 Å². The van der Waals surface area contributed by atoms with Gasteiger partial charge in [-0.1, -0.05) is 51.8 Å². The molecule has 1 unspecified atom stereocenters. The van der Waals surface area contributed by atoms with E-state index in [0.717, 1.165) is 15.6 Å². The van der Waals surface area contributed by atoms with Crippen LogP contribution in [0.5, 0.6) is 5.75 Å². The highest BCUT2D eigenvalue weighted by Crippen LogP contribution is 2.27. The van der Waals surface area contributed by atoms with Crippen molar-refractivity contribution in [1.82, 2.24) is 10.2 Å². The molecule has 0 radical (unpaired) electrons. The summed E-state index contributed by atoms with van der Waals surface area (Å²) < 4.78 is 6.41.